The quantitative estimate of drug-likeness (QED) is 0.798. The summed E-state index contributed by atoms with van der Waals surface area (Å²) in [6.45, 7) is 0.269. The van der Waals surface area contributed by atoms with Gasteiger partial charge in [-0.2, -0.15) is 0 Å². The van der Waals surface area contributed by atoms with E-state index in [0.29, 0.717) is 10.9 Å². The third-order valence-corrected chi connectivity index (χ3v) is 3.36. The molecule has 2 aromatic carbocycles. The second kappa shape index (κ2) is 5.01. The molecule has 0 bridgehead atoms. The average Bonchev–Trinajstić information content (AvgIpc) is 2.82. The van der Waals surface area contributed by atoms with E-state index in [1.54, 1.807) is 28.8 Å². The molecule has 0 saturated heterocycles. The Morgan fingerprint density at radius 1 is 1.10 bits per heavy atom. The van der Waals surface area contributed by atoms with E-state index in [4.69, 9.17) is 0 Å². The molecule has 1 N–H and O–H groups in total. The van der Waals surface area contributed by atoms with Crippen LogP contribution in [0.2, 0.25) is 0 Å². The van der Waals surface area contributed by atoms with Gasteiger partial charge in [0, 0.05) is 23.6 Å². The molecule has 3 aromatic rings. The molecule has 3 rings (SSSR count). The van der Waals surface area contributed by atoms with Gasteiger partial charge in [-0.25, -0.2) is 13.6 Å². The smallest absolute Gasteiger partial charge is 0.337 e. The fraction of sp³-hybridized carbons (Fsp3) is 0.0625. The lowest BCUT2D eigenvalue weighted by molar-refractivity contribution is 0.0699. The maximum atomic E-state index is 13.3. The number of nitrogens with zero attached hydrogens (tertiary/aromatic N) is 1. The molecule has 0 atom stereocenters. The van der Waals surface area contributed by atoms with Gasteiger partial charge in [0.1, 0.15) is 0 Å². The van der Waals surface area contributed by atoms with Gasteiger partial charge >= 0.3 is 5.97 Å². The van der Waals surface area contributed by atoms with Crippen molar-refractivity contribution in [3.05, 3.63) is 71.4 Å². The van der Waals surface area contributed by atoms with Crippen molar-refractivity contribution in [3.63, 3.8) is 0 Å². The maximum Gasteiger partial charge on any atom is 0.337 e. The fourth-order valence-corrected chi connectivity index (χ4v) is 2.38. The second-order valence-corrected chi connectivity index (χ2v) is 4.74. The molecule has 3 nitrogen and oxygen atoms in total. The molecule has 0 saturated carbocycles. The number of carboxylic acids is 1. The standard InChI is InChI=1S/C16H11F2NO2/c17-13-6-5-10(7-14(13)18)8-19-9-12(16(20)21)11-3-1-2-4-15(11)19/h1-7,9H,8H2,(H,20,21). The van der Waals surface area contributed by atoms with Crippen LogP contribution in [-0.4, -0.2) is 15.6 Å². The molecule has 0 fully saturated rings. The number of aromatic nitrogens is 1. The van der Waals surface area contributed by atoms with Crippen molar-refractivity contribution in [2.24, 2.45) is 0 Å². The van der Waals surface area contributed by atoms with Gasteiger partial charge in [0.15, 0.2) is 11.6 Å². The lowest BCUT2D eigenvalue weighted by Gasteiger charge is -2.06. The molecule has 1 heterocycles. The molecule has 0 unspecified atom stereocenters. The first kappa shape index (κ1) is 13.3. The molecule has 0 radical (unpaired) electrons. The van der Waals surface area contributed by atoms with Crippen molar-refractivity contribution in [2.45, 2.75) is 6.54 Å². The summed E-state index contributed by atoms with van der Waals surface area (Å²) in [6.07, 6.45) is 1.51. The molecular weight excluding hydrogens is 276 g/mol. The van der Waals surface area contributed by atoms with Crippen LogP contribution in [0.3, 0.4) is 0 Å². The fourth-order valence-electron chi connectivity index (χ4n) is 2.38. The van der Waals surface area contributed by atoms with E-state index in [9.17, 15) is 18.7 Å². The van der Waals surface area contributed by atoms with E-state index in [0.717, 1.165) is 17.6 Å². The Balaban J connectivity index is 2.08. The first-order valence-electron chi connectivity index (χ1n) is 6.31. The first-order valence-corrected chi connectivity index (χ1v) is 6.31. The summed E-state index contributed by atoms with van der Waals surface area (Å²) in [5.74, 6) is -2.83. The van der Waals surface area contributed by atoms with E-state index in [1.165, 1.54) is 12.3 Å². The van der Waals surface area contributed by atoms with E-state index in [-0.39, 0.29) is 12.1 Å². The highest BCUT2D eigenvalue weighted by atomic mass is 19.2. The zero-order valence-corrected chi connectivity index (χ0v) is 10.9. The Morgan fingerprint density at radius 2 is 1.86 bits per heavy atom. The van der Waals surface area contributed by atoms with Gasteiger partial charge in [-0.15, -0.1) is 0 Å². The number of fused-ring (bicyclic) bond motifs is 1. The molecule has 0 aliphatic rings. The Morgan fingerprint density at radius 3 is 2.57 bits per heavy atom. The maximum absolute atomic E-state index is 13.3. The van der Waals surface area contributed by atoms with Crippen LogP contribution in [0, 0.1) is 11.6 Å². The highest BCUT2D eigenvalue weighted by molar-refractivity contribution is 6.03. The highest BCUT2D eigenvalue weighted by Crippen LogP contribution is 2.22. The zero-order valence-electron chi connectivity index (χ0n) is 10.9. The minimum Gasteiger partial charge on any atom is -0.478 e. The van der Waals surface area contributed by atoms with Crippen LogP contribution in [0.1, 0.15) is 15.9 Å². The van der Waals surface area contributed by atoms with Gasteiger partial charge in [0.2, 0.25) is 0 Å². The largest absolute Gasteiger partial charge is 0.478 e. The number of aromatic carboxylic acids is 1. The number of carboxylic acid groups (broad SMARTS) is 1. The second-order valence-electron chi connectivity index (χ2n) is 4.74. The SMILES string of the molecule is O=C(O)c1cn(Cc2ccc(F)c(F)c2)c2ccccc12. The summed E-state index contributed by atoms with van der Waals surface area (Å²) >= 11 is 0. The molecule has 21 heavy (non-hydrogen) atoms. The number of halogens is 2. The monoisotopic (exact) mass is 287 g/mol. The summed E-state index contributed by atoms with van der Waals surface area (Å²) in [5, 5.41) is 9.84. The van der Waals surface area contributed by atoms with Crippen molar-refractivity contribution >= 4 is 16.9 Å². The Kier molecular flexibility index (Phi) is 3.17. The third-order valence-electron chi connectivity index (χ3n) is 3.36. The Hall–Kier alpha value is -2.69. The Bertz CT molecular complexity index is 839. The van der Waals surface area contributed by atoms with Crippen LogP contribution in [0.5, 0.6) is 0 Å². The topological polar surface area (TPSA) is 42.2 Å². The van der Waals surface area contributed by atoms with Crippen molar-refractivity contribution in [1.82, 2.24) is 4.57 Å². The minimum absolute atomic E-state index is 0.188. The molecule has 0 aliphatic heterocycles. The van der Waals surface area contributed by atoms with Crippen LogP contribution < -0.4 is 0 Å². The van der Waals surface area contributed by atoms with E-state index < -0.39 is 17.6 Å². The average molecular weight is 287 g/mol. The third kappa shape index (κ3) is 2.38. The molecule has 106 valence electrons. The molecule has 0 amide bonds. The van der Waals surface area contributed by atoms with Crippen LogP contribution in [-0.2, 0) is 6.54 Å². The van der Waals surface area contributed by atoms with E-state index in [1.807, 2.05) is 0 Å². The molecule has 0 spiro atoms. The van der Waals surface area contributed by atoms with Gasteiger partial charge in [0.25, 0.3) is 0 Å². The number of para-hydroxylation sites is 1. The summed E-state index contributed by atoms with van der Waals surface area (Å²) in [6, 6.07) is 10.7. The van der Waals surface area contributed by atoms with Crippen LogP contribution in [0.15, 0.2) is 48.7 Å². The first-order chi connectivity index (χ1) is 10.1. The Labute approximate surface area is 119 Å². The lowest BCUT2D eigenvalue weighted by atomic mass is 10.2. The van der Waals surface area contributed by atoms with Gasteiger partial charge in [-0.1, -0.05) is 24.3 Å². The van der Waals surface area contributed by atoms with Crippen molar-refractivity contribution in [3.8, 4) is 0 Å². The number of hydrogen-bond donors (Lipinski definition) is 1. The van der Waals surface area contributed by atoms with Crippen LogP contribution in [0.4, 0.5) is 8.78 Å². The van der Waals surface area contributed by atoms with Gasteiger partial charge in [-0.05, 0) is 23.8 Å². The van der Waals surface area contributed by atoms with Gasteiger partial charge in [0.05, 0.1) is 5.56 Å². The predicted molar refractivity (Wildman–Crippen MR) is 74.4 cm³/mol. The molecule has 0 aliphatic carbocycles. The van der Waals surface area contributed by atoms with Crippen molar-refractivity contribution in [1.29, 1.82) is 0 Å². The van der Waals surface area contributed by atoms with E-state index >= 15 is 0 Å². The van der Waals surface area contributed by atoms with Crippen molar-refractivity contribution in [2.75, 3.05) is 0 Å². The van der Waals surface area contributed by atoms with Crippen LogP contribution >= 0.6 is 0 Å². The minimum atomic E-state index is -1.02. The number of carbonyl (C=O) groups is 1. The summed E-state index contributed by atoms with van der Waals surface area (Å²) in [5.41, 5.74) is 1.49. The number of rotatable bonds is 3. The normalized spacial score (nSPS) is 11.0. The zero-order chi connectivity index (χ0) is 15.0. The predicted octanol–water partition coefficient (Wildman–Crippen LogP) is 3.67. The highest BCUT2D eigenvalue weighted by Gasteiger charge is 2.14. The van der Waals surface area contributed by atoms with E-state index in [2.05, 4.69) is 0 Å². The molecule has 5 heteroatoms. The molecule has 1 aromatic heterocycles. The van der Waals surface area contributed by atoms with Crippen molar-refractivity contribution < 1.29 is 18.7 Å². The summed E-state index contributed by atoms with van der Waals surface area (Å²) in [7, 11) is 0. The number of hydrogen-bond acceptors (Lipinski definition) is 1. The van der Waals surface area contributed by atoms with Gasteiger partial charge < -0.3 is 9.67 Å². The summed E-state index contributed by atoms with van der Waals surface area (Å²) < 4.78 is 27.9. The molecular formula is C16H11F2NO2. The lowest BCUT2D eigenvalue weighted by Crippen LogP contribution is -2.00. The summed E-state index contributed by atoms with van der Waals surface area (Å²) in [4.78, 5) is 11.3. The number of benzene rings is 2. The van der Waals surface area contributed by atoms with Crippen LogP contribution in [0.25, 0.3) is 10.9 Å². The van der Waals surface area contributed by atoms with Gasteiger partial charge in [-0.3, -0.25) is 0 Å².